The topological polar surface area (TPSA) is 64.2 Å². The fourth-order valence-electron chi connectivity index (χ4n) is 2.64. The van der Waals surface area contributed by atoms with Crippen LogP contribution in [0.3, 0.4) is 0 Å². The zero-order chi connectivity index (χ0) is 17.1. The highest BCUT2D eigenvalue weighted by molar-refractivity contribution is 5.82. The van der Waals surface area contributed by atoms with E-state index < -0.39 is 11.8 Å². The molecule has 124 valence electrons. The number of oxazole rings is 1. The van der Waals surface area contributed by atoms with Crippen molar-refractivity contribution in [2.45, 2.75) is 19.4 Å². The van der Waals surface area contributed by atoms with Crippen molar-refractivity contribution in [3.63, 3.8) is 0 Å². The second-order valence-corrected chi connectivity index (χ2v) is 5.55. The Labute approximate surface area is 137 Å². The van der Waals surface area contributed by atoms with Crippen LogP contribution in [0.15, 0.2) is 57.7 Å². The molecule has 1 heterocycles. The van der Waals surface area contributed by atoms with Crippen molar-refractivity contribution >= 4 is 17.0 Å². The maximum absolute atomic E-state index is 13.1. The first kappa shape index (κ1) is 16.0. The Morgan fingerprint density at radius 2 is 2.04 bits per heavy atom. The molecule has 1 aromatic heterocycles. The average molecular weight is 328 g/mol. The summed E-state index contributed by atoms with van der Waals surface area (Å²) in [5.41, 5.74) is 1.83. The van der Waals surface area contributed by atoms with E-state index in [-0.39, 0.29) is 11.7 Å². The number of amides is 1. The van der Waals surface area contributed by atoms with Gasteiger partial charge < -0.3 is 9.73 Å². The van der Waals surface area contributed by atoms with Gasteiger partial charge in [-0.1, -0.05) is 24.3 Å². The standard InChI is InChI=1S/C18H17FN2O3/c1-12(21-15-7-2-3-8-16(15)24-18(21)23)17(22)20-10-9-13-5-4-6-14(19)11-13/h2-8,11-12H,9-10H2,1H3,(H,20,22). The van der Waals surface area contributed by atoms with E-state index in [1.54, 1.807) is 43.3 Å². The van der Waals surface area contributed by atoms with Crippen LogP contribution in [0.5, 0.6) is 0 Å². The maximum atomic E-state index is 13.1. The summed E-state index contributed by atoms with van der Waals surface area (Å²) in [5.74, 6) is -1.16. The van der Waals surface area contributed by atoms with Gasteiger partial charge in [-0.05, 0) is 43.2 Å². The van der Waals surface area contributed by atoms with Crippen LogP contribution in [-0.4, -0.2) is 17.0 Å². The highest BCUT2D eigenvalue weighted by Crippen LogP contribution is 2.16. The molecule has 2 aromatic carbocycles. The summed E-state index contributed by atoms with van der Waals surface area (Å²) in [6, 6.07) is 12.5. The highest BCUT2D eigenvalue weighted by Gasteiger charge is 2.20. The lowest BCUT2D eigenvalue weighted by Crippen LogP contribution is -2.35. The zero-order valence-electron chi connectivity index (χ0n) is 13.2. The molecule has 0 radical (unpaired) electrons. The Bertz CT molecular complexity index is 929. The van der Waals surface area contributed by atoms with E-state index >= 15 is 0 Å². The number of carbonyl (C=O) groups is 1. The molecule has 0 saturated heterocycles. The number of rotatable bonds is 5. The van der Waals surface area contributed by atoms with Gasteiger partial charge in [-0.2, -0.15) is 0 Å². The predicted molar refractivity (Wildman–Crippen MR) is 88.3 cm³/mol. The van der Waals surface area contributed by atoms with Gasteiger partial charge in [0, 0.05) is 6.54 Å². The summed E-state index contributed by atoms with van der Waals surface area (Å²) in [5, 5.41) is 2.77. The average Bonchev–Trinajstić information content (AvgIpc) is 2.90. The lowest BCUT2D eigenvalue weighted by Gasteiger charge is -2.13. The summed E-state index contributed by atoms with van der Waals surface area (Å²) in [6.45, 7) is 2.00. The van der Waals surface area contributed by atoms with Gasteiger partial charge in [-0.15, -0.1) is 0 Å². The minimum absolute atomic E-state index is 0.292. The molecule has 24 heavy (non-hydrogen) atoms. The van der Waals surface area contributed by atoms with Crippen LogP contribution in [0.4, 0.5) is 4.39 Å². The van der Waals surface area contributed by atoms with Crippen LogP contribution < -0.4 is 11.1 Å². The third-order valence-corrected chi connectivity index (χ3v) is 3.89. The maximum Gasteiger partial charge on any atom is 0.420 e. The molecule has 5 nitrogen and oxygen atoms in total. The molecule has 0 bridgehead atoms. The van der Waals surface area contributed by atoms with E-state index in [0.717, 1.165) is 5.56 Å². The normalized spacial score (nSPS) is 12.2. The molecule has 1 N–H and O–H groups in total. The first-order valence-corrected chi connectivity index (χ1v) is 7.68. The van der Waals surface area contributed by atoms with Crippen LogP contribution in [0.2, 0.25) is 0 Å². The largest absolute Gasteiger partial charge is 0.420 e. The number of nitrogens with zero attached hydrogens (tertiary/aromatic N) is 1. The van der Waals surface area contributed by atoms with Crippen molar-refractivity contribution in [3.8, 4) is 0 Å². The Morgan fingerprint density at radius 3 is 2.83 bits per heavy atom. The van der Waals surface area contributed by atoms with Gasteiger partial charge in [0.2, 0.25) is 5.91 Å². The van der Waals surface area contributed by atoms with Crippen molar-refractivity contribution in [1.29, 1.82) is 0 Å². The highest BCUT2D eigenvalue weighted by atomic mass is 19.1. The Kier molecular flexibility index (Phi) is 4.46. The number of hydrogen-bond donors (Lipinski definition) is 1. The Morgan fingerprint density at radius 1 is 1.25 bits per heavy atom. The van der Waals surface area contributed by atoms with E-state index in [1.165, 1.54) is 16.7 Å². The van der Waals surface area contributed by atoms with E-state index in [1.807, 2.05) is 0 Å². The SMILES string of the molecule is CC(C(=O)NCCc1cccc(F)c1)n1c(=O)oc2ccccc21. The van der Waals surface area contributed by atoms with Gasteiger partial charge in [-0.3, -0.25) is 9.36 Å². The number of carbonyl (C=O) groups excluding carboxylic acids is 1. The van der Waals surface area contributed by atoms with Crippen molar-refractivity contribution in [1.82, 2.24) is 9.88 Å². The van der Waals surface area contributed by atoms with Gasteiger partial charge in [0.05, 0.1) is 5.52 Å². The number of nitrogens with one attached hydrogen (secondary N) is 1. The van der Waals surface area contributed by atoms with Crippen LogP contribution in [-0.2, 0) is 11.2 Å². The Balaban J connectivity index is 1.68. The second-order valence-electron chi connectivity index (χ2n) is 5.55. The molecule has 3 rings (SSSR count). The smallest absolute Gasteiger partial charge is 0.408 e. The van der Waals surface area contributed by atoms with Crippen LogP contribution in [0.1, 0.15) is 18.5 Å². The number of hydrogen-bond acceptors (Lipinski definition) is 3. The molecule has 0 aliphatic rings. The van der Waals surface area contributed by atoms with E-state index in [9.17, 15) is 14.0 Å². The minimum Gasteiger partial charge on any atom is -0.408 e. The number of benzene rings is 2. The molecule has 1 atom stereocenters. The number of halogens is 1. The monoisotopic (exact) mass is 328 g/mol. The quantitative estimate of drug-likeness (QED) is 0.783. The summed E-state index contributed by atoms with van der Waals surface area (Å²) in [6.07, 6.45) is 0.511. The van der Waals surface area contributed by atoms with Gasteiger partial charge in [0.15, 0.2) is 5.58 Å². The third-order valence-electron chi connectivity index (χ3n) is 3.89. The predicted octanol–water partition coefficient (Wildman–Crippen LogP) is 2.65. The lowest BCUT2D eigenvalue weighted by molar-refractivity contribution is -0.123. The summed E-state index contributed by atoms with van der Waals surface area (Å²) in [4.78, 5) is 24.3. The van der Waals surface area contributed by atoms with Crippen LogP contribution in [0, 0.1) is 5.82 Å². The first-order valence-electron chi connectivity index (χ1n) is 7.68. The molecule has 0 spiro atoms. The summed E-state index contributed by atoms with van der Waals surface area (Å²) in [7, 11) is 0. The van der Waals surface area contributed by atoms with E-state index in [2.05, 4.69) is 5.32 Å². The second kappa shape index (κ2) is 6.70. The molecule has 0 aliphatic carbocycles. The summed E-state index contributed by atoms with van der Waals surface area (Å²) >= 11 is 0. The van der Waals surface area contributed by atoms with Crippen molar-refractivity contribution in [2.75, 3.05) is 6.54 Å². The number of aromatic nitrogens is 1. The van der Waals surface area contributed by atoms with Gasteiger partial charge >= 0.3 is 5.76 Å². The molecule has 1 amide bonds. The third kappa shape index (κ3) is 3.22. The molecule has 6 heteroatoms. The van der Waals surface area contributed by atoms with Crippen molar-refractivity contribution in [3.05, 3.63) is 70.5 Å². The van der Waals surface area contributed by atoms with Gasteiger partial charge in [0.25, 0.3) is 0 Å². The van der Waals surface area contributed by atoms with Crippen molar-refractivity contribution in [2.24, 2.45) is 0 Å². The van der Waals surface area contributed by atoms with E-state index in [4.69, 9.17) is 4.42 Å². The van der Waals surface area contributed by atoms with Gasteiger partial charge in [-0.25, -0.2) is 9.18 Å². The lowest BCUT2D eigenvalue weighted by atomic mass is 10.1. The molecule has 1 unspecified atom stereocenters. The van der Waals surface area contributed by atoms with E-state index in [0.29, 0.717) is 24.1 Å². The van der Waals surface area contributed by atoms with Gasteiger partial charge in [0.1, 0.15) is 11.9 Å². The summed E-state index contributed by atoms with van der Waals surface area (Å²) < 4.78 is 19.6. The minimum atomic E-state index is -0.700. The Hall–Kier alpha value is -2.89. The van der Waals surface area contributed by atoms with Crippen LogP contribution in [0.25, 0.3) is 11.1 Å². The number of fused-ring (bicyclic) bond motifs is 1. The number of para-hydroxylation sites is 2. The molecular formula is C18H17FN2O3. The fourth-order valence-corrected chi connectivity index (χ4v) is 2.64. The fraction of sp³-hybridized carbons (Fsp3) is 0.222. The molecule has 0 saturated carbocycles. The van der Waals surface area contributed by atoms with Crippen molar-refractivity contribution < 1.29 is 13.6 Å². The molecule has 0 fully saturated rings. The zero-order valence-corrected chi connectivity index (χ0v) is 13.2. The molecule has 3 aromatic rings. The van der Waals surface area contributed by atoms with Crippen LogP contribution >= 0.6 is 0 Å². The molecular weight excluding hydrogens is 311 g/mol. The first-order chi connectivity index (χ1) is 11.6. The molecule has 0 aliphatic heterocycles.